The Labute approximate surface area is 172 Å². The van der Waals surface area contributed by atoms with E-state index in [-0.39, 0.29) is 12.4 Å². The molecule has 1 heterocycles. The number of carbonyl (C=O) groups excluding carboxylic acids is 3. The third-order valence-electron chi connectivity index (χ3n) is 4.62. The minimum atomic E-state index is -1.23. The molecule has 2 amide bonds. The molecule has 0 radical (unpaired) electrons. The number of aliphatic hydroxyl groups excluding tert-OH is 1. The number of carbonyl (C=O) groups is 3. The predicted octanol–water partition coefficient (Wildman–Crippen LogP) is 1.81. The van der Waals surface area contributed by atoms with E-state index in [0.29, 0.717) is 18.7 Å². The van der Waals surface area contributed by atoms with Gasteiger partial charge >= 0.3 is 5.97 Å². The van der Waals surface area contributed by atoms with Crippen molar-refractivity contribution in [2.75, 3.05) is 12.4 Å². The lowest BCUT2D eigenvalue weighted by atomic mass is 9.88. The van der Waals surface area contributed by atoms with Gasteiger partial charge < -0.3 is 25.0 Å². The molecule has 9 heteroatoms. The summed E-state index contributed by atoms with van der Waals surface area (Å²) in [5.41, 5.74) is -1.22. The molecule has 29 heavy (non-hydrogen) atoms. The number of methoxy groups -OCH3 is 1. The van der Waals surface area contributed by atoms with Gasteiger partial charge in [0.1, 0.15) is 12.1 Å². The van der Waals surface area contributed by atoms with Crippen molar-refractivity contribution in [1.29, 1.82) is 0 Å². The zero-order chi connectivity index (χ0) is 22.4. The predicted molar refractivity (Wildman–Crippen MR) is 109 cm³/mol. The third kappa shape index (κ3) is 7.16. The molecule has 1 rings (SSSR count). The molecular formula is C20H34N4O5. The van der Waals surface area contributed by atoms with Crippen molar-refractivity contribution in [1.82, 2.24) is 14.9 Å². The smallest absolute Gasteiger partial charge is 0.307 e. The number of nitrogens with one attached hydrogen (secondary N) is 2. The van der Waals surface area contributed by atoms with E-state index >= 15 is 0 Å². The van der Waals surface area contributed by atoms with Gasteiger partial charge in [-0.3, -0.25) is 14.4 Å². The standard InChI is InChI=1S/C20H34N4O5/c1-8-9-13(22-18(28)16(26)19(2,3)4)17(27)23-14-11-24(12-21-14)20(5,6)10-15(25)29-7/h11-13,16,26H,8-10H2,1-7H3,(H,22,28)(H,23,27). The molecule has 9 nitrogen and oxygen atoms in total. The van der Waals surface area contributed by atoms with Crippen LogP contribution < -0.4 is 10.6 Å². The lowest BCUT2D eigenvalue weighted by Crippen LogP contribution is -2.50. The monoisotopic (exact) mass is 410 g/mol. The average molecular weight is 411 g/mol. The fraction of sp³-hybridized carbons (Fsp3) is 0.700. The summed E-state index contributed by atoms with van der Waals surface area (Å²) in [7, 11) is 1.33. The summed E-state index contributed by atoms with van der Waals surface area (Å²) < 4.78 is 6.43. The van der Waals surface area contributed by atoms with Crippen LogP contribution in [0.5, 0.6) is 0 Å². The molecule has 0 aliphatic heterocycles. The lowest BCUT2D eigenvalue weighted by Gasteiger charge is -2.27. The second-order valence-electron chi connectivity index (χ2n) is 8.84. The Morgan fingerprint density at radius 3 is 2.34 bits per heavy atom. The summed E-state index contributed by atoms with van der Waals surface area (Å²) >= 11 is 0. The normalized spacial score (nSPS) is 14.1. The number of nitrogens with zero attached hydrogens (tertiary/aromatic N) is 2. The highest BCUT2D eigenvalue weighted by Gasteiger charge is 2.32. The highest BCUT2D eigenvalue weighted by atomic mass is 16.5. The molecule has 2 atom stereocenters. The van der Waals surface area contributed by atoms with Crippen molar-refractivity contribution in [3.8, 4) is 0 Å². The topological polar surface area (TPSA) is 123 Å². The fourth-order valence-electron chi connectivity index (χ4n) is 2.65. The van der Waals surface area contributed by atoms with Crippen LogP contribution in [0.15, 0.2) is 12.5 Å². The van der Waals surface area contributed by atoms with E-state index in [9.17, 15) is 19.5 Å². The largest absolute Gasteiger partial charge is 0.469 e. The third-order valence-corrected chi connectivity index (χ3v) is 4.62. The number of aromatic nitrogens is 2. The first kappa shape index (κ1) is 24.6. The molecule has 164 valence electrons. The molecule has 3 N–H and O–H groups in total. The van der Waals surface area contributed by atoms with E-state index in [1.807, 2.05) is 20.8 Å². The Morgan fingerprint density at radius 1 is 1.21 bits per heavy atom. The van der Waals surface area contributed by atoms with E-state index in [1.165, 1.54) is 13.4 Å². The molecule has 0 spiro atoms. The molecule has 2 unspecified atom stereocenters. The van der Waals surface area contributed by atoms with Gasteiger partial charge in [0.05, 0.1) is 25.4 Å². The van der Waals surface area contributed by atoms with Gasteiger partial charge in [-0.05, 0) is 25.7 Å². The van der Waals surface area contributed by atoms with Crippen molar-refractivity contribution in [3.05, 3.63) is 12.5 Å². The zero-order valence-corrected chi connectivity index (χ0v) is 18.4. The second-order valence-corrected chi connectivity index (χ2v) is 8.84. The van der Waals surface area contributed by atoms with Crippen molar-refractivity contribution in [2.45, 2.75) is 78.5 Å². The minimum Gasteiger partial charge on any atom is -0.469 e. The molecule has 0 saturated heterocycles. The summed E-state index contributed by atoms with van der Waals surface area (Å²) in [5, 5.41) is 15.4. The van der Waals surface area contributed by atoms with E-state index < -0.39 is 34.9 Å². The maximum Gasteiger partial charge on any atom is 0.307 e. The summed E-state index contributed by atoms with van der Waals surface area (Å²) in [4.78, 5) is 40.7. The Hall–Kier alpha value is -2.42. The molecular weight excluding hydrogens is 376 g/mol. The van der Waals surface area contributed by atoms with Gasteiger partial charge in [0.15, 0.2) is 5.82 Å². The molecule has 1 aromatic heterocycles. The number of anilines is 1. The SMILES string of the molecule is CCCC(NC(=O)C(O)C(C)(C)C)C(=O)Nc1cn(C(C)(C)CC(=O)OC)cn1. The summed E-state index contributed by atoms with van der Waals surface area (Å²) in [6, 6.07) is -0.794. The average Bonchev–Trinajstić information content (AvgIpc) is 3.08. The molecule has 0 aliphatic carbocycles. The van der Waals surface area contributed by atoms with Crippen LogP contribution in [0.3, 0.4) is 0 Å². The number of rotatable bonds is 9. The second kappa shape index (κ2) is 9.87. The molecule has 0 fully saturated rings. The Bertz CT molecular complexity index is 721. The number of ether oxygens (including phenoxy) is 1. The Morgan fingerprint density at radius 2 is 1.83 bits per heavy atom. The summed E-state index contributed by atoms with van der Waals surface area (Å²) in [6.07, 6.45) is 3.15. The number of hydrogen-bond acceptors (Lipinski definition) is 6. The number of hydrogen-bond donors (Lipinski definition) is 3. The first-order valence-electron chi connectivity index (χ1n) is 9.72. The number of amides is 2. The van der Waals surface area contributed by atoms with Crippen LogP contribution in [0, 0.1) is 5.41 Å². The van der Waals surface area contributed by atoms with Gasteiger partial charge in [0.2, 0.25) is 11.8 Å². The van der Waals surface area contributed by atoms with Gasteiger partial charge in [-0.15, -0.1) is 0 Å². The fourth-order valence-corrected chi connectivity index (χ4v) is 2.65. The lowest BCUT2D eigenvalue weighted by molar-refractivity contribution is -0.142. The Balaban J connectivity index is 2.85. The van der Waals surface area contributed by atoms with E-state index in [2.05, 4.69) is 15.6 Å². The molecule has 0 saturated carbocycles. The van der Waals surface area contributed by atoms with Crippen molar-refractivity contribution in [3.63, 3.8) is 0 Å². The van der Waals surface area contributed by atoms with Crippen LogP contribution in [0.1, 0.15) is 60.8 Å². The van der Waals surface area contributed by atoms with Crippen LogP contribution in [0.2, 0.25) is 0 Å². The van der Waals surface area contributed by atoms with E-state index in [0.717, 1.165) is 0 Å². The van der Waals surface area contributed by atoms with Crippen LogP contribution in [-0.2, 0) is 24.7 Å². The maximum absolute atomic E-state index is 12.7. The van der Waals surface area contributed by atoms with Crippen molar-refractivity contribution in [2.24, 2.45) is 5.41 Å². The molecule has 0 bridgehead atoms. The van der Waals surface area contributed by atoms with E-state index in [1.54, 1.807) is 31.5 Å². The van der Waals surface area contributed by atoms with Crippen LogP contribution >= 0.6 is 0 Å². The van der Waals surface area contributed by atoms with Crippen LogP contribution in [-0.4, -0.2) is 51.7 Å². The van der Waals surface area contributed by atoms with Gasteiger partial charge in [-0.2, -0.15) is 0 Å². The number of esters is 1. The van der Waals surface area contributed by atoms with Gasteiger partial charge in [0.25, 0.3) is 0 Å². The highest BCUT2D eigenvalue weighted by molar-refractivity contribution is 5.97. The van der Waals surface area contributed by atoms with E-state index in [4.69, 9.17) is 4.74 Å². The highest BCUT2D eigenvalue weighted by Crippen LogP contribution is 2.22. The quantitative estimate of drug-likeness (QED) is 0.534. The zero-order valence-electron chi connectivity index (χ0n) is 18.4. The molecule has 0 aliphatic rings. The van der Waals surface area contributed by atoms with Crippen LogP contribution in [0.4, 0.5) is 5.82 Å². The molecule has 1 aromatic rings. The maximum atomic E-state index is 12.7. The minimum absolute atomic E-state index is 0.145. The summed E-state index contributed by atoms with van der Waals surface area (Å²) in [6.45, 7) is 10.8. The van der Waals surface area contributed by atoms with Gasteiger partial charge in [-0.1, -0.05) is 34.1 Å². The van der Waals surface area contributed by atoms with Crippen molar-refractivity contribution >= 4 is 23.6 Å². The number of imidazole rings is 1. The van der Waals surface area contributed by atoms with Gasteiger partial charge in [0, 0.05) is 6.20 Å². The number of aliphatic hydroxyl groups is 1. The van der Waals surface area contributed by atoms with Crippen molar-refractivity contribution < 1.29 is 24.2 Å². The van der Waals surface area contributed by atoms with Gasteiger partial charge in [-0.25, -0.2) is 4.98 Å². The Kier molecular flexibility index (Phi) is 8.37. The first-order valence-corrected chi connectivity index (χ1v) is 9.72. The summed E-state index contributed by atoms with van der Waals surface area (Å²) in [5.74, 6) is -1.05. The first-order chi connectivity index (χ1) is 13.3. The van der Waals surface area contributed by atoms with Crippen LogP contribution in [0.25, 0.3) is 0 Å². The molecule has 0 aromatic carbocycles.